The minimum atomic E-state index is -0.344. The van der Waals surface area contributed by atoms with Crippen LogP contribution < -0.4 is 21.3 Å². The summed E-state index contributed by atoms with van der Waals surface area (Å²) in [6.45, 7) is 2.72. The number of hydrogen-bond donors (Lipinski definition) is 3. The van der Waals surface area contributed by atoms with Crippen LogP contribution in [0.3, 0.4) is 0 Å². The van der Waals surface area contributed by atoms with Gasteiger partial charge in [-0.05, 0) is 55.1 Å². The van der Waals surface area contributed by atoms with Crippen LogP contribution in [-0.4, -0.2) is 36.2 Å². The van der Waals surface area contributed by atoms with E-state index in [2.05, 4.69) is 32.7 Å². The molecule has 0 unspecified atom stereocenters. The molecule has 37 heavy (non-hydrogen) atoms. The van der Waals surface area contributed by atoms with E-state index >= 15 is 0 Å². The van der Waals surface area contributed by atoms with Crippen molar-refractivity contribution < 1.29 is 9.18 Å². The highest BCUT2D eigenvalue weighted by molar-refractivity contribution is 6.45. The molecule has 190 valence electrons. The van der Waals surface area contributed by atoms with Gasteiger partial charge >= 0.3 is 0 Å². The summed E-state index contributed by atoms with van der Waals surface area (Å²) in [7, 11) is 0. The first kappa shape index (κ1) is 24.6. The van der Waals surface area contributed by atoms with Gasteiger partial charge in [0.05, 0.1) is 17.1 Å². The Kier molecular flexibility index (Phi) is 7.56. The van der Waals surface area contributed by atoms with Crippen LogP contribution in [0.25, 0.3) is 5.70 Å². The van der Waals surface area contributed by atoms with E-state index in [1.807, 2.05) is 41.3 Å². The van der Waals surface area contributed by atoms with Gasteiger partial charge in [0.1, 0.15) is 17.3 Å². The lowest BCUT2D eigenvalue weighted by molar-refractivity contribution is -0.110. The Morgan fingerprint density at radius 1 is 1.08 bits per heavy atom. The molecule has 0 aliphatic carbocycles. The molecule has 1 fully saturated rings. The number of nitrogens with one attached hydrogen (secondary N) is 2. The van der Waals surface area contributed by atoms with E-state index < -0.39 is 0 Å². The molecule has 0 spiro atoms. The maximum atomic E-state index is 14.9. The van der Waals surface area contributed by atoms with E-state index in [0.29, 0.717) is 55.6 Å². The first-order chi connectivity index (χ1) is 18.1. The molecule has 2 aromatic carbocycles. The number of carbonyl (C=O) groups is 1. The zero-order valence-corrected chi connectivity index (χ0v) is 20.7. The highest BCUT2D eigenvalue weighted by Gasteiger charge is 2.25. The summed E-state index contributed by atoms with van der Waals surface area (Å²) in [6.07, 6.45) is 5.88. The Labute approximate surface area is 216 Å². The second kappa shape index (κ2) is 11.3. The molecule has 2 aliphatic rings. The Bertz CT molecular complexity index is 1310. The fourth-order valence-corrected chi connectivity index (χ4v) is 4.76. The number of nitrogens with zero attached hydrogens (tertiary/aromatic N) is 3. The van der Waals surface area contributed by atoms with Crippen molar-refractivity contribution in [1.29, 1.82) is 0 Å². The van der Waals surface area contributed by atoms with Gasteiger partial charge in [0.2, 0.25) is 0 Å². The second-order valence-electron chi connectivity index (χ2n) is 9.38. The number of hydrogen-bond acceptors (Lipinski definition) is 6. The number of piperidine rings is 1. The topological polar surface area (TPSA) is 95.6 Å². The van der Waals surface area contributed by atoms with E-state index in [-0.39, 0.29) is 11.7 Å². The number of pyridine rings is 1. The standard InChI is InChI=1S/C29H31FN6O/c30-23-7-4-8-25(28(23)36-15-12-20(18-31)13-16-36)35-29(37)26-10-9-24(34-26)22-11-14-32-27(17-22)33-19-21-5-2-1-3-6-21/h1-9,11,14,17,20H,10,12-13,15-16,18-19,31H2,(H,32,33)(H,35,37). The quantitative estimate of drug-likeness (QED) is 0.413. The molecule has 2 aliphatic heterocycles. The molecule has 0 atom stereocenters. The van der Waals surface area contributed by atoms with Crippen LogP contribution in [0.15, 0.2) is 77.9 Å². The van der Waals surface area contributed by atoms with E-state index in [9.17, 15) is 9.18 Å². The molecule has 0 radical (unpaired) electrons. The number of anilines is 3. The van der Waals surface area contributed by atoms with E-state index in [1.165, 1.54) is 6.07 Å². The van der Waals surface area contributed by atoms with Crippen molar-refractivity contribution >= 4 is 34.5 Å². The molecular weight excluding hydrogens is 467 g/mol. The van der Waals surface area contributed by atoms with Crippen molar-refractivity contribution in [3.05, 3.63) is 89.9 Å². The van der Waals surface area contributed by atoms with Crippen LogP contribution in [0.1, 0.15) is 30.4 Å². The van der Waals surface area contributed by atoms with Crippen LogP contribution in [-0.2, 0) is 11.3 Å². The molecule has 5 rings (SSSR count). The van der Waals surface area contributed by atoms with Crippen LogP contribution in [0.4, 0.5) is 21.6 Å². The summed E-state index contributed by atoms with van der Waals surface area (Å²) in [5.74, 6) is 0.522. The maximum Gasteiger partial charge on any atom is 0.270 e. The molecule has 1 amide bonds. The highest BCUT2D eigenvalue weighted by Crippen LogP contribution is 2.33. The van der Waals surface area contributed by atoms with Gasteiger partial charge in [-0.15, -0.1) is 0 Å². The second-order valence-corrected chi connectivity index (χ2v) is 9.38. The zero-order chi connectivity index (χ0) is 25.6. The smallest absolute Gasteiger partial charge is 0.270 e. The summed E-state index contributed by atoms with van der Waals surface area (Å²) in [5, 5.41) is 6.23. The van der Waals surface area contributed by atoms with Gasteiger partial charge in [0, 0.05) is 37.8 Å². The molecule has 7 nitrogen and oxygen atoms in total. The summed E-state index contributed by atoms with van der Waals surface area (Å²) in [4.78, 5) is 24.1. The van der Waals surface area contributed by atoms with Gasteiger partial charge in [0.25, 0.3) is 5.91 Å². The summed E-state index contributed by atoms with van der Waals surface area (Å²) >= 11 is 0. The third kappa shape index (κ3) is 5.86. The van der Waals surface area contributed by atoms with Crippen LogP contribution >= 0.6 is 0 Å². The first-order valence-electron chi connectivity index (χ1n) is 12.7. The first-order valence-corrected chi connectivity index (χ1v) is 12.7. The maximum absolute atomic E-state index is 14.9. The van der Waals surface area contributed by atoms with Crippen molar-refractivity contribution in [2.24, 2.45) is 16.6 Å². The van der Waals surface area contributed by atoms with Gasteiger partial charge in [0.15, 0.2) is 0 Å². The largest absolute Gasteiger partial charge is 0.367 e. The highest BCUT2D eigenvalue weighted by atomic mass is 19.1. The fourth-order valence-electron chi connectivity index (χ4n) is 4.76. The Morgan fingerprint density at radius 2 is 1.89 bits per heavy atom. The van der Waals surface area contributed by atoms with Crippen molar-refractivity contribution in [2.45, 2.75) is 25.8 Å². The summed E-state index contributed by atoms with van der Waals surface area (Å²) < 4.78 is 14.9. The number of aliphatic imine (C=N–C) groups is 1. The Balaban J connectivity index is 1.26. The third-order valence-corrected chi connectivity index (χ3v) is 6.88. The summed E-state index contributed by atoms with van der Waals surface area (Å²) in [6, 6.07) is 18.7. The van der Waals surface area contributed by atoms with Gasteiger partial charge < -0.3 is 21.3 Å². The molecule has 8 heteroatoms. The van der Waals surface area contributed by atoms with Crippen molar-refractivity contribution in [3.8, 4) is 0 Å². The fraction of sp³-hybridized carbons (Fsp3) is 0.276. The number of carbonyl (C=O) groups excluding carboxylic acids is 1. The predicted molar refractivity (Wildman–Crippen MR) is 147 cm³/mol. The number of para-hydroxylation sites is 1. The van der Waals surface area contributed by atoms with Crippen LogP contribution in [0.2, 0.25) is 0 Å². The monoisotopic (exact) mass is 498 g/mol. The molecule has 0 bridgehead atoms. The van der Waals surface area contributed by atoms with Crippen LogP contribution in [0.5, 0.6) is 0 Å². The predicted octanol–water partition coefficient (Wildman–Crippen LogP) is 4.83. The Hall–Kier alpha value is -4.04. The number of allylic oxidation sites excluding steroid dienone is 1. The number of rotatable bonds is 8. The molecule has 3 aromatic rings. The SMILES string of the molecule is NCC1CCN(c2c(F)cccc2NC(=O)C2=NC(c3ccnc(NCc4ccccc4)c3)=CC2)CC1. The van der Waals surface area contributed by atoms with Crippen molar-refractivity contribution in [3.63, 3.8) is 0 Å². The minimum absolute atomic E-state index is 0.327. The molecule has 1 aromatic heterocycles. The number of amides is 1. The minimum Gasteiger partial charge on any atom is -0.367 e. The van der Waals surface area contributed by atoms with E-state index in [1.54, 1.807) is 18.3 Å². The average Bonchev–Trinajstić information content (AvgIpc) is 3.44. The van der Waals surface area contributed by atoms with E-state index in [4.69, 9.17) is 5.73 Å². The van der Waals surface area contributed by atoms with Gasteiger partial charge in [-0.25, -0.2) is 14.4 Å². The third-order valence-electron chi connectivity index (χ3n) is 6.88. The van der Waals surface area contributed by atoms with Crippen molar-refractivity contribution in [1.82, 2.24) is 4.98 Å². The van der Waals surface area contributed by atoms with Gasteiger partial charge in [-0.1, -0.05) is 42.5 Å². The van der Waals surface area contributed by atoms with Crippen molar-refractivity contribution in [2.75, 3.05) is 35.2 Å². The number of nitrogens with two attached hydrogens (primary N) is 1. The lowest BCUT2D eigenvalue weighted by Gasteiger charge is -2.34. The average molecular weight is 499 g/mol. The lowest BCUT2D eigenvalue weighted by atomic mass is 9.96. The lowest BCUT2D eigenvalue weighted by Crippen LogP contribution is -2.37. The molecule has 3 heterocycles. The molecular formula is C29H31FN6O. The summed E-state index contributed by atoms with van der Waals surface area (Å²) in [5.41, 5.74) is 9.85. The number of benzene rings is 2. The number of halogens is 1. The molecule has 4 N–H and O–H groups in total. The van der Waals surface area contributed by atoms with Gasteiger partial charge in [-0.3, -0.25) is 4.79 Å². The zero-order valence-electron chi connectivity index (χ0n) is 20.7. The normalized spacial score (nSPS) is 15.8. The molecule has 1 saturated heterocycles. The van der Waals surface area contributed by atoms with Gasteiger partial charge in [-0.2, -0.15) is 0 Å². The molecule has 0 saturated carbocycles. The number of aromatic nitrogens is 1. The van der Waals surface area contributed by atoms with E-state index in [0.717, 1.165) is 35.5 Å². The Morgan fingerprint density at radius 3 is 2.68 bits per heavy atom. The van der Waals surface area contributed by atoms with Crippen LogP contribution in [0, 0.1) is 11.7 Å².